The molecule has 167 valence electrons. The van der Waals surface area contributed by atoms with E-state index in [1.807, 2.05) is 12.4 Å². The summed E-state index contributed by atoms with van der Waals surface area (Å²) in [5, 5.41) is 0. The van der Waals surface area contributed by atoms with Crippen LogP contribution in [0.15, 0.2) is 24.5 Å². The van der Waals surface area contributed by atoms with Crippen molar-refractivity contribution in [1.82, 2.24) is 4.98 Å². The number of rotatable bonds is 21. The first-order chi connectivity index (χ1) is 14.4. The lowest BCUT2D eigenvalue weighted by Crippen LogP contribution is -2.02. The number of aromatic nitrogens is 1. The van der Waals surface area contributed by atoms with E-state index < -0.39 is 0 Å². The van der Waals surface area contributed by atoms with Crippen LogP contribution >= 0.6 is 0 Å². The lowest BCUT2D eigenvalue weighted by atomic mass is 9.89. The second-order valence-corrected chi connectivity index (χ2v) is 9.11. The molecule has 0 N–H and O–H groups in total. The zero-order valence-electron chi connectivity index (χ0n) is 19.8. The standard InChI is InChI=1S/C28H50N/c1-3-5-7-9-11-13-15-17-19-27(21-22-28-23-25-29-26-24-28)20-18-16-14-12-10-8-6-4-2/h22-27H,3-21H2,1-2H3. The summed E-state index contributed by atoms with van der Waals surface area (Å²) >= 11 is 0. The van der Waals surface area contributed by atoms with E-state index in [-0.39, 0.29) is 0 Å². The Bertz CT molecular complexity index is 407. The van der Waals surface area contributed by atoms with Crippen molar-refractivity contribution in [2.75, 3.05) is 0 Å². The van der Waals surface area contributed by atoms with Gasteiger partial charge in [-0.15, -0.1) is 0 Å². The molecular formula is C28H50N. The van der Waals surface area contributed by atoms with Gasteiger partial charge in [0, 0.05) is 12.4 Å². The van der Waals surface area contributed by atoms with E-state index in [0.29, 0.717) is 0 Å². The Labute approximate surface area is 183 Å². The van der Waals surface area contributed by atoms with Crippen molar-refractivity contribution in [3.63, 3.8) is 0 Å². The SMILES string of the molecule is CCCCCCCCCCC(C[CH]c1ccncc1)CCCCCCCCCC. The Balaban J connectivity index is 2.17. The predicted octanol–water partition coefficient (Wildman–Crippen LogP) is 9.70. The quantitative estimate of drug-likeness (QED) is 0.187. The molecule has 1 radical (unpaired) electrons. The molecule has 0 atom stereocenters. The first-order valence-corrected chi connectivity index (χ1v) is 13.1. The molecule has 1 heterocycles. The highest BCUT2D eigenvalue weighted by atomic mass is 14.6. The number of hydrogen-bond acceptors (Lipinski definition) is 1. The highest BCUT2D eigenvalue weighted by molar-refractivity contribution is 5.18. The third-order valence-corrected chi connectivity index (χ3v) is 6.32. The van der Waals surface area contributed by atoms with Crippen molar-refractivity contribution >= 4 is 0 Å². The average Bonchev–Trinajstić information content (AvgIpc) is 2.75. The maximum absolute atomic E-state index is 4.15. The van der Waals surface area contributed by atoms with Crippen LogP contribution in [0, 0.1) is 12.3 Å². The van der Waals surface area contributed by atoms with Crippen molar-refractivity contribution in [1.29, 1.82) is 0 Å². The molecule has 29 heavy (non-hydrogen) atoms. The van der Waals surface area contributed by atoms with E-state index in [4.69, 9.17) is 0 Å². The van der Waals surface area contributed by atoms with Crippen molar-refractivity contribution in [2.45, 2.75) is 136 Å². The number of unbranched alkanes of at least 4 members (excludes halogenated alkanes) is 14. The average molecular weight is 401 g/mol. The van der Waals surface area contributed by atoms with Gasteiger partial charge in [-0.2, -0.15) is 0 Å². The van der Waals surface area contributed by atoms with Gasteiger partial charge in [0.05, 0.1) is 0 Å². The van der Waals surface area contributed by atoms with Gasteiger partial charge in [0.25, 0.3) is 0 Å². The van der Waals surface area contributed by atoms with Crippen molar-refractivity contribution in [3.8, 4) is 0 Å². The van der Waals surface area contributed by atoms with Gasteiger partial charge in [-0.25, -0.2) is 0 Å². The molecule has 0 bridgehead atoms. The minimum atomic E-state index is 0.878. The third-order valence-electron chi connectivity index (χ3n) is 6.32. The molecule has 1 nitrogen and oxygen atoms in total. The molecule has 0 saturated heterocycles. The Morgan fingerprint density at radius 3 is 1.48 bits per heavy atom. The zero-order valence-corrected chi connectivity index (χ0v) is 19.8. The summed E-state index contributed by atoms with van der Waals surface area (Å²) < 4.78 is 0. The van der Waals surface area contributed by atoms with E-state index in [2.05, 4.69) is 37.4 Å². The molecular weight excluding hydrogens is 350 g/mol. The molecule has 0 fully saturated rings. The largest absolute Gasteiger partial charge is 0.265 e. The highest BCUT2D eigenvalue weighted by Gasteiger charge is 2.09. The Kier molecular flexibility index (Phi) is 18.4. The molecule has 0 saturated carbocycles. The summed E-state index contributed by atoms with van der Waals surface area (Å²) in [5.74, 6) is 0.878. The number of hydrogen-bond donors (Lipinski definition) is 0. The molecule has 0 amide bonds. The second-order valence-electron chi connectivity index (χ2n) is 9.11. The second kappa shape index (κ2) is 20.4. The highest BCUT2D eigenvalue weighted by Crippen LogP contribution is 2.24. The molecule has 1 aromatic heterocycles. The van der Waals surface area contributed by atoms with Crippen molar-refractivity contribution in [2.24, 2.45) is 5.92 Å². The van der Waals surface area contributed by atoms with Gasteiger partial charge >= 0.3 is 0 Å². The van der Waals surface area contributed by atoms with Gasteiger partial charge in [-0.1, -0.05) is 129 Å². The third kappa shape index (κ3) is 16.6. The van der Waals surface area contributed by atoms with Gasteiger partial charge in [0.1, 0.15) is 0 Å². The fourth-order valence-electron chi connectivity index (χ4n) is 4.32. The molecule has 0 aromatic carbocycles. The first-order valence-electron chi connectivity index (χ1n) is 13.1. The number of nitrogens with zero attached hydrogens (tertiary/aromatic N) is 1. The molecule has 0 aliphatic heterocycles. The van der Waals surface area contributed by atoms with Crippen LogP contribution in [0.5, 0.6) is 0 Å². The topological polar surface area (TPSA) is 12.9 Å². The van der Waals surface area contributed by atoms with Crippen LogP contribution in [0.3, 0.4) is 0 Å². The normalized spacial score (nSPS) is 11.4. The predicted molar refractivity (Wildman–Crippen MR) is 130 cm³/mol. The zero-order chi connectivity index (χ0) is 20.8. The first kappa shape index (κ1) is 26.2. The molecule has 1 aromatic rings. The molecule has 0 aliphatic carbocycles. The van der Waals surface area contributed by atoms with Crippen LogP contribution < -0.4 is 0 Å². The smallest absolute Gasteiger partial charge is 0.0270 e. The van der Waals surface area contributed by atoms with Gasteiger partial charge in [-0.05, 0) is 36.5 Å². The van der Waals surface area contributed by atoms with Crippen LogP contribution in [0.1, 0.15) is 141 Å². The van der Waals surface area contributed by atoms with Gasteiger partial charge in [-0.3, -0.25) is 4.98 Å². The molecule has 0 aliphatic rings. The molecule has 0 spiro atoms. The van der Waals surface area contributed by atoms with E-state index in [1.54, 1.807) is 0 Å². The molecule has 1 rings (SSSR count). The van der Waals surface area contributed by atoms with E-state index in [9.17, 15) is 0 Å². The minimum Gasteiger partial charge on any atom is -0.265 e. The molecule has 0 unspecified atom stereocenters. The van der Waals surface area contributed by atoms with E-state index in [0.717, 1.165) is 5.92 Å². The van der Waals surface area contributed by atoms with Crippen molar-refractivity contribution in [3.05, 3.63) is 36.5 Å². The Morgan fingerprint density at radius 1 is 0.621 bits per heavy atom. The van der Waals surface area contributed by atoms with Gasteiger partial charge in [0.15, 0.2) is 0 Å². The van der Waals surface area contributed by atoms with E-state index in [1.165, 1.54) is 128 Å². The van der Waals surface area contributed by atoms with Crippen LogP contribution in [-0.2, 0) is 0 Å². The lowest BCUT2D eigenvalue weighted by Gasteiger charge is -2.17. The summed E-state index contributed by atoms with van der Waals surface area (Å²) in [6, 6.07) is 4.29. The summed E-state index contributed by atoms with van der Waals surface area (Å²) in [6.45, 7) is 4.60. The van der Waals surface area contributed by atoms with Crippen LogP contribution in [0.2, 0.25) is 0 Å². The number of pyridine rings is 1. The van der Waals surface area contributed by atoms with E-state index >= 15 is 0 Å². The molecule has 1 heteroatoms. The van der Waals surface area contributed by atoms with Gasteiger partial charge < -0.3 is 0 Å². The van der Waals surface area contributed by atoms with Crippen molar-refractivity contribution < 1.29 is 0 Å². The lowest BCUT2D eigenvalue weighted by molar-refractivity contribution is 0.399. The maximum Gasteiger partial charge on any atom is 0.0270 e. The fraction of sp³-hybridized carbons (Fsp3) is 0.786. The monoisotopic (exact) mass is 400 g/mol. The summed E-state index contributed by atoms with van der Waals surface area (Å²) in [4.78, 5) is 4.15. The summed E-state index contributed by atoms with van der Waals surface area (Å²) in [7, 11) is 0. The summed E-state index contributed by atoms with van der Waals surface area (Å²) in [6.07, 6.45) is 33.2. The summed E-state index contributed by atoms with van der Waals surface area (Å²) in [5.41, 5.74) is 1.34. The Hall–Kier alpha value is -0.850. The van der Waals surface area contributed by atoms with Crippen LogP contribution in [0.25, 0.3) is 0 Å². The van der Waals surface area contributed by atoms with Crippen LogP contribution in [0.4, 0.5) is 0 Å². The maximum atomic E-state index is 4.15. The minimum absolute atomic E-state index is 0.878. The Morgan fingerprint density at radius 2 is 1.03 bits per heavy atom. The van der Waals surface area contributed by atoms with Crippen LogP contribution in [-0.4, -0.2) is 4.98 Å². The van der Waals surface area contributed by atoms with Gasteiger partial charge in [0.2, 0.25) is 0 Å². The fourth-order valence-corrected chi connectivity index (χ4v) is 4.32.